The van der Waals surface area contributed by atoms with Crippen LogP contribution >= 0.6 is 0 Å². The molecule has 100 valence electrons. The van der Waals surface area contributed by atoms with Gasteiger partial charge in [-0.05, 0) is 39.2 Å². The van der Waals surface area contributed by atoms with Gasteiger partial charge in [-0.3, -0.25) is 9.69 Å². The molecule has 0 amide bonds. The summed E-state index contributed by atoms with van der Waals surface area (Å²) in [6, 6.07) is 0.585. The van der Waals surface area contributed by atoms with Gasteiger partial charge in [0.05, 0.1) is 6.61 Å². The number of rotatable bonds is 8. The average Bonchev–Trinajstić information content (AvgIpc) is 2.74. The highest BCUT2D eigenvalue weighted by molar-refractivity contribution is 5.82. The van der Waals surface area contributed by atoms with Gasteiger partial charge in [-0.2, -0.15) is 0 Å². The zero-order valence-electron chi connectivity index (χ0n) is 11.6. The van der Waals surface area contributed by atoms with Crippen LogP contribution in [-0.2, 0) is 9.53 Å². The highest BCUT2D eigenvalue weighted by Gasteiger charge is 2.25. The summed E-state index contributed by atoms with van der Waals surface area (Å²) < 4.78 is 5.15. The molecule has 1 aliphatic rings. The molecule has 1 saturated carbocycles. The lowest BCUT2D eigenvalue weighted by Gasteiger charge is -2.28. The minimum atomic E-state index is 0.337. The van der Waals surface area contributed by atoms with Crippen molar-refractivity contribution in [2.24, 2.45) is 5.92 Å². The molecule has 0 aromatic rings. The zero-order chi connectivity index (χ0) is 12.7. The molecular weight excluding hydrogens is 214 g/mol. The lowest BCUT2D eigenvalue weighted by atomic mass is 10.0. The molecule has 1 aliphatic carbocycles. The lowest BCUT2D eigenvalue weighted by Crippen LogP contribution is -2.37. The summed E-state index contributed by atoms with van der Waals surface area (Å²) in [5, 5.41) is 0. The van der Waals surface area contributed by atoms with Gasteiger partial charge in [-0.15, -0.1) is 0 Å². The maximum absolute atomic E-state index is 11.6. The average molecular weight is 241 g/mol. The summed E-state index contributed by atoms with van der Waals surface area (Å²) in [7, 11) is 1.75. The van der Waals surface area contributed by atoms with Crippen LogP contribution in [0.1, 0.15) is 46.0 Å². The van der Waals surface area contributed by atoms with Crippen molar-refractivity contribution < 1.29 is 9.53 Å². The van der Waals surface area contributed by atoms with Crippen LogP contribution < -0.4 is 0 Å². The van der Waals surface area contributed by atoms with Crippen molar-refractivity contribution in [3.05, 3.63) is 0 Å². The summed E-state index contributed by atoms with van der Waals surface area (Å²) >= 11 is 0. The van der Waals surface area contributed by atoms with Gasteiger partial charge in [0.1, 0.15) is 5.78 Å². The van der Waals surface area contributed by atoms with Crippen LogP contribution in [0.3, 0.4) is 0 Å². The van der Waals surface area contributed by atoms with Crippen molar-refractivity contribution >= 4 is 5.78 Å². The summed E-state index contributed by atoms with van der Waals surface area (Å²) in [5.74, 6) is 0.824. The van der Waals surface area contributed by atoms with E-state index in [4.69, 9.17) is 4.74 Å². The maximum atomic E-state index is 11.6. The Morgan fingerprint density at radius 2 is 2.24 bits per heavy atom. The van der Waals surface area contributed by atoms with E-state index in [1.165, 1.54) is 0 Å². The van der Waals surface area contributed by atoms with Gasteiger partial charge in [0.25, 0.3) is 0 Å². The first-order chi connectivity index (χ1) is 8.19. The normalized spacial score (nSPS) is 22.4. The van der Waals surface area contributed by atoms with E-state index in [1.54, 1.807) is 7.11 Å². The van der Waals surface area contributed by atoms with E-state index >= 15 is 0 Å². The number of nitrogens with zero attached hydrogens (tertiary/aromatic N) is 1. The monoisotopic (exact) mass is 241 g/mol. The molecule has 2 atom stereocenters. The molecule has 17 heavy (non-hydrogen) atoms. The Bertz CT molecular complexity index is 230. The largest absolute Gasteiger partial charge is 0.383 e. The standard InChI is InChI=1S/C14H27NO2/c1-4-12(2)15(10-11-17-3)9-8-13-6-5-7-14(13)16/h12-13H,4-11H2,1-3H3. The van der Waals surface area contributed by atoms with Crippen molar-refractivity contribution in [3.63, 3.8) is 0 Å². The minimum absolute atomic E-state index is 0.337. The number of hydrogen-bond donors (Lipinski definition) is 0. The number of methoxy groups -OCH3 is 1. The molecule has 3 nitrogen and oxygen atoms in total. The fourth-order valence-corrected chi connectivity index (χ4v) is 2.53. The summed E-state index contributed by atoms with van der Waals surface area (Å²) in [6.07, 6.45) is 5.21. The van der Waals surface area contributed by atoms with E-state index in [9.17, 15) is 4.79 Å². The molecule has 1 fully saturated rings. The van der Waals surface area contributed by atoms with Crippen molar-refractivity contribution in [2.45, 2.75) is 52.0 Å². The fraction of sp³-hybridized carbons (Fsp3) is 0.929. The second kappa shape index (κ2) is 7.83. The lowest BCUT2D eigenvalue weighted by molar-refractivity contribution is -0.120. The first kappa shape index (κ1) is 14.7. The molecule has 0 bridgehead atoms. The number of ketones is 1. The van der Waals surface area contributed by atoms with Gasteiger partial charge in [0.15, 0.2) is 0 Å². The summed E-state index contributed by atoms with van der Waals surface area (Å²) in [4.78, 5) is 14.1. The topological polar surface area (TPSA) is 29.5 Å². The highest BCUT2D eigenvalue weighted by Crippen LogP contribution is 2.24. The molecule has 0 aromatic carbocycles. The Labute approximate surface area is 106 Å². The van der Waals surface area contributed by atoms with Crippen molar-refractivity contribution in [1.82, 2.24) is 4.90 Å². The molecule has 0 radical (unpaired) electrons. The molecule has 3 heteroatoms. The van der Waals surface area contributed by atoms with E-state index in [0.29, 0.717) is 17.7 Å². The molecule has 0 saturated heterocycles. The molecule has 0 aliphatic heterocycles. The zero-order valence-corrected chi connectivity index (χ0v) is 11.6. The van der Waals surface area contributed by atoms with Gasteiger partial charge in [-0.1, -0.05) is 6.92 Å². The molecule has 0 aromatic heterocycles. The fourth-order valence-electron chi connectivity index (χ4n) is 2.53. The van der Waals surface area contributed by atoms with Crippen LogP contribution in [-0.4, -0.2) is 43.5 Å². The van der Waals surface area contributed by atoms with Crippen molar-refractivity contribution in [3.8, 4) is 0 Å². The molecular formula is C14H27NO2. The number of ether oxygens (including phenoxy) is 1. The molecule has 2 unspecified atom stereocenters. The van der Waals surface area contributed by atoms with E-state index < -0.39 is 0 Å². The third kappa shape index (κ3) is 4.76. The second-order valence-electron chi connectivity index (χ2n) is 5.13. The second-order valence-corrected chi connectivity index (χ2v) is 5.13. The van der Waals surface area contributed by atoms with Gasteiger partial charge < -0.3 is 4.74 Å². The van der Waals surface area contributed by atoms with Gasteiger partial charge in [0, 0.05) is 32.0 Å². The Morgan fingerprint density at radius 3 is 2.76 bits per heavy atom. The first-order valence-corrected chi connectivity index (χ1v) is 6.94. The number of hydrogen-bond acceptors (Lipinski definition) is 3. The Hall–Kier alpha value is -0.410. The van der Waals surface area contributed by atoms with Crippen molar-refractivity contribution in [2.75, 3.05) is 26.8 Å². The van der Waals surface area contributed by atoms with E-state index in [0.717, 1.165) is 51.8 Å². The SMILES string of the molecule is CCC(C)N(CCOC)CCC1CCCC1=O. The molecule has 1 rings (SSSR count). The Balaban J connectivity index is 2.34. The van der Waals surface area contributed by atoms with Crippen molar-refractivity contribution in [1.29, 1.82) is 0 Å². The maximum Gasteiger partial charge on any atom is 0.136 e. The van der Waals surface area contributed by atoms with E-state index in [1.807, 2.05) is 0 Å². The predicted octanol–water partition coefficient (Wildman–Crippen LogP) is 2.49. The number of carbonyl (C=O) groups excluding carboxylic acids is 1. The van der Waals surface area contributed by atoms with Crippen LogP contribution in [0.25, 0.3) is 0 Å². The van der Waals surface area contributed by atoms with Crippen LogP contribution in [0.15, 0.2) is 0 Å². The first-order valence-electron chi connectivity index (χ1n) is 6.94. The molecule has 0 spiro atoms. The Morgan fingerprint density at radius 1 is 1.47 bits per heavy atom. The van der Waals surface area contributed by atoms with Gasteiger partial charge in [-0.25, -0.2) is 0 Å². The third-order valence-corrected chi connectivity index (χ3v) is 3.99. The van der Waals surface area contributed by atoms with E-state index in [2.05, 4.69) is 18.7 Å². The Kier molecular flexibility index (Phi) is 6.75. The van der Waals surface area contributed by atoms with Gasteiger partial charge in [0.2, 0.25) is 0 Å². The quantitative estimate of drug-likeness (QED) is 0.654. The number of Topliss-reactive ketones (excluding diaryl/α,β-unsaturated/α-hetero) is 1. The van der Waals surface area contributed by atoms with Crippen LogP contribution in [0, 0.1) is 5.92 Å². The molecule has 0 N–H and O–H groups in total. The van der Waals surface area contributed by atoms with Crippen LogP contribution in [0.5, 0.6) is 0 Å². The third-order valence-electron chi connectivity index (χ3n) is 3.99. The smallest absolute Gasteiger partial charge is 0.136 e. The summed E-state index contributed by atoms with van der Waals surface area (Å²) in [5.41, 5.74) is 0. The highest BCUT2D eigenvalue weighted by atomic mass is 16.5. The van der Waals surface area contributed by atoms with E-state index in [-0.39, 0.29) is 0 Å². The van der Waals surface area contributed by atoms with Crippen LogP contribution in [0.4, 0.5) is 0 Å². The minimum Gasteiger partial charge on any atom is -0.383 e. The van der Waals surface area contributed by atoms with Crippen LogP contribution in [0.2, 0.25) is 0 Å². The predicted molar refractivity (Wildman–Crippen MR) is 70.2 cm³/mol. The van der Waals surface area contributed by atoms with Gasteiger partial charge >= 0.3 is 0 Å². The molecule has 0 heterocycles. The summed E-state index contributed by atoms with van der Waals surface area (Å²) in [6.45, 7) is 7.27. The number of carbonyl (C=O) groups is 1.